The quantitative estimate of drug-likeness (QED) is 0.522. The summed E-state index contributed by atoms with van der Waals surface area (Å²) >= 11 is 6.95. The molecule has 0 aliphatic carbocycles. The minimum atomic E-state index is -0.670. The van der Waals surface area contributed by atoms with Gasteiger partial charge in [-0.05, 0) is 41.8 Å². The average molecular weight is 474 g/mol. The number of rotatable bonds is 4. The number of carbonyl (C=O) groups excluding carboxylic acids is 2. The zero-order valence-electron chi connectivity index (χ0n) is 16.0. The lowest BCUT2D eigenvalue weighted by Crippen LogP contribution is -2.55. The Labute approximate surface area is 189 Å². The van der Waals surface area contributed by atoms with E-state index in [2.05, 4.69) is 10.1 Å². The molecule has 32 heavy (non-hydrogen) atoms. The molecule has 1 unspecified atom stereocenters. The number of thioether (sulfide) groups is 1. The Balaban J connectivity index is 1.49. The zero-order valence-corrected chi connectivity index (χ0v) is 17.6. The van der Waals surface area contributed by atoms with E-state index in [0.717, 1.165) is 11.0 Å². The number of benzene rings is 2. The first kappa shape index (κ1) is 20.5. The molecular weight excluding hydrogens is 462 g/mol. The van der Waals surface area contributed by atoms with Gasteiger partial charge in [-0.2, -0.15) is 14.4 Å². The maximum Gasteiger partial charge on any atom is 0.506 e. The molecule has 0 bridgehead atoms. The summed E-state index contributed by atoms with van der Waals surface area (Å²) < 4.78 is 34.1. The van der Waals surface area contributed by atoms with Gasteiger partial charge >= 0.3 is 11.9 Å². The number of imide groups is 1. The SMILES string of the molecule is O=C1C2SC=CC2=[N+](Cc2nc(-c3ccc(Cl)c(F)c3)no2)C(=O)N1c1cccc(F)c1. The summed E-state index contributed by atoms with van der Waals surface area (Å²) in [6.45, 7) is -0.127. The van der Waals surface area contributed by atoms with Gasteiger partial charge in [0.25, 0.3) is 5.89 Å². The highest BCUT2D eigenvalue weighted by atomic mass is 35.5. The van der Waals surface area contributed by atoms with Gasteiger partial charge in [0.05, 0.1) is 5.02 Å². The second-order valence-corrected chi connectivity index (χ2v) is 8.33. The van der Waals surface area contributed by atoms with Crippen LogP contribution >= 0.6 is 23.4 Å². The first-order valence-corrected chi connectivity index (χ1v) is 10.6. The second-order valence-electron chi connectivity index (χ2n) is 6.91. The van der Waals surface area contributed by atoms with Crippen molar-refractivity contribution < 1.29 is 27.5 Å². The molecule has 1 atom stereocenters. The van der Waals surface area contributed by atoms with Gasteiger partial charge in [0, 0.05) is 11.6 Å². The highest BCUT2D eigenvalue weighted by molar-refractivity contribution is 8.04. The largest absolute Gasteiger partial charge is 0.506 e. The third-order valence-electron chi connectivity index (χ3n) is 4.91. The number of amides is 3. The number of hydrogen-bond acceptors (Lipinski definition) is 6. The van der Waals surface area contributed by atoms with E-state index in [1.165, 1.54) is 52.7 Å². The second kappa shape index (κ2) is 7.95. The van der Waals surface area contributed by atoms with Crippen molar-refractivity contribution in [1.29, 1.82) is 0 Å². The Morgan fingerprint density at radius 2 is 2.03 bits per heavy atom. The number of hydrogen-bond donors (Lipinski definition) is 0. The van der Waals surface area contributed by atoms with Crippen LogP contribution in [0.5, 0.6) is 0 Å². The molecule has 2 aliphatic heterocycles. The number of nitrogens with zero attached hydrogens (tertiary/aromatic N) is 4. The Morgan fingerprint density at radius 3 is 2.81 bits per heavy atom. The normalized spacial score (nSPS) is 18.0. The van der Waals surface area contributed by atoms with Crippen LogP contribution in [0.25, 0.3) is 11.4 Å². The third-order valence-corrected chi connectivity index (χ3v) is 6.22. The van der Waals surface area contributed by atoms with Crippen LogP contribution in [0.4, 0.5) is 19.3 Å². The van der Waals surface area contributed by atoms with Gasteiger partial charge < -0.3 is 4.52 Å². The van der Waals surface area contributed by atoms with Gasteiger partial charge in [-0.1, -0.05) is 22.8 Å². The highest BCUT2D eigenvalue weighted by Gasteiger charge is 2.50. The van der Waals surface area contributed by atoms with Gasteiger partial charge in [0.15, 0.2) is 11.8 Å². The van der Waals surface area contributed by atoms with E-state index in [1.807, 2.05) is 0 Å². The lowest BCUT2D eigenvalue weighted by Gasteiger charge is -2.23. The monoisotopic (exact) mass is 473 g/mol. The number of carbonyl (C=O) groups is 2. The van der Waals surface area contributed by atoms with E-state index < -0.39 is 28.8 Å². The van der Waals surface area contributed by atoms with Crippen molar-refractivity contribution in [2.24, 2.45) is 0 Å². The molecule has 2 aromatic carbocycles. The molecular formula is C21H12ClF2N4O3S+. The fraction of sp³-hybridized carbons (Fsp3) is 0.0952. The van der Waals surface area contributed by atoms with Crippen LogP contribution in [0, 0.1) is 11.6 Å². The Bertz CT molecular complexity index is 1340. The molecule has 0 radical (unpaired) electrons. The predicted molar refractivity (Wildman–Crippen MR) is 113 cm³/mol. The summed E-state index contributed by atoms with van der Waals surface area (Å²) in [5.74, 6) is -1.47. The predicted octanol–water partition coefficient (Wildman–Crippen LogP) is 4.42. The van der Waals surface area contributed by atoms with E-state index in [1.54, 1.807) is 11.5 Å². The van der Waals surface area contributed by atoms with Crippen molar-refractivity contribution in [3.8, 4) is 11.4 Å². The van der Waals surface area contributed by atoms with Gasteiger partial charge in [0.1, 0.15) is 23.0 Å². The number of aromatic nitrogens is 2. The van der Waals surface area contributed by atoms with Crippen LogP contribution < -0.4 is 4.90 Å². The van der Waals surface area contributed by atoms with Crippen LogP contribution in [-0.4, -0.2) is 37.6 Å². The number of allylic oxidation sites excluding steroid dienone is 1. The molecule has 0 spiro atoms. The van der Waals surface area contributed by atoms with E-state index in [4.69, 9.17) is 16.1 Å². The Morgan fingerprint density at radius 1 is 1.19 bits per heavy atom. The van der Waals surface area contributed by atoms with Crippen LogP contribution in [0.15, 0.2) is 58.5 Å². The van der Waals surface area contributed by atoms with E-state index in [-0.39, 0.29) is 29.0 Å². The lowest BCUT2D eigenvalue weighted by molar-refractivity contribution is -0.448. The molecule has 3 aromatic rings. The summed E-state index contributed by atoms with van der Waals surface area (Å²) in [4.78, 5) is 31.4. The molecule has 0 saturated carbocycles. The van der Waals surface area contributed by atoms with Crippen LogP contribution in [0.1, 0.15) is 5.89 Å². The fourth-order valence-corrected chi connectivity index (χ4v) is 4.48. The van der Waals surface area contributed by atoms with Crippen LogP contribution in [0.3, 0.4) is 0 Å². The van der Waals surface area contributed by atoms with Crippen molar-refractivity contribution in [2.45, 2.75) is 11.8 Å². The molecule has 3 heterocycles. The molecule has 5 rings (SSSR count). The number of anilines is 1. The summed E-state index contributed by atoms with van der Waals surface area (Å²) in [5.41, 5.74) is 0.944. The number of urea groups is 1. The molecule has 0 N–H and O–H groups in total. The molecule has 0 fully saturated rings. The lowest BCUT2D eigenvalue weighted by atomic mass is 10.1. The molecule has 160 valence electrons. The zero-order chi connectivity index (χ0) is 22.4. The van der Waals surface area contributed by atoms with Crippen molar-refractivity contribution in [2.75, 3.05) is 4.90 Å². The Kier molecular flexibility index (Phi) is 5.10. The maximum atomic E-state index is 13.8. The van der Waals surface area contributed by atoms with E-state index in [9.17, 15) is 18.4 Å². The van der Waals surface area contributed by atoms with Crippen LogP contribution in [-0.2, 0) is 11.3 Å². The van der Waals surface area contributed by atoms with Gasteiger partial charge in [0.2, 0.25) is 5.82 Å². The van der Waals surface area contributed by atoms with Gasteiger partial charge in [-0.3, -0.25) is 0 Å². The maximum absolute atomic E-state index is 13.8. The summed E-state index contributed by atoms with van der Waals surface area (Å²) in [5, 5.41) is 4.85. The molecule has 3 amide bonds. The minimum Gasteiger partial charge on any atom is -0.335 e. The topological polar surface area (TPSA) is 79.3 Å². The van der Waals surface area contributed by atoms with E-state index in [0.29, 0.717) is 11.3 Å². The van der Waals surface area contributed by atoms with Crippen LogP contribution in [0.2, 0.25) is 5.02 Å². The summed E-state index contributed by atoms with van der Waals surface area (Å²) in [6, 6.07) is 8.66. The number of halogens is 3. The van der Waals surface area contributed by atoms with Gasteiger partial charge in [-0.25, -0.2) is 13.6 Å². The minimum absolute atomic E-state index is 0.0357. The fourth-order valence-electron chi connectivity index (χ4n) is 3.42. The molecule has 1 aromatic heterocycles. The van der Waals surface area contributed by atoms with Gasteiger partial charge in [-0.15, -0.1) is 16.7 Å². The molecule has 0 saturated heterocycles. The first-order valence-electron chi connectivity index (χ1n) is 9.30. The molecule has 7 nitrogen and oxygen atoms in total. The highest BCUT2D eigenvalue weighted by Crippen LogP contribution is 2.31. The third kappa shape index (κ3) is 3.51. The van der Waals surface area contributed by atoms with Crippen molar-refractivity contribution >= 4 is 46.7 Å². The molecule has 2 aliphatic rings. The smallest absolute Gasteiger partial charge is 0.335 e. The van der Waals surface area contributed by atoms with Crippen molar-refractivity contribution in [3.05, 3.63) is 76.5 Å². The van der Waals surface area contributed by atoms with Crippen molar-refractivity contribution in [3.63, 3.8) is 0 Å². The standard InChI is InChI=1S/C21H12ClF2N4O3S/c22-14-5-4-11(8-15(14)24)19-25-17(31-26-19)10-27-16-6-7-32-18(16)20(29)28(21(27)30)13-3-1-2-12(23)9-13/h1-9,18H,10H2/q+1. The number of fused-ring (bicyclic) bond motifs is 1. The Hall–Kier alpha value is -3.37. The average Bonchev–Trinajstić information content (AvgIpc) is 3.43. The first-order chi connectivity index (χ1) is 15.4. The van der Waals surface area contributed by atoms with E-state index >= 15 is 0 Å². The summed E-state index contributed by atoms with van der Waals surface area (Å²) in [6.07, 6.45) is 1.67. The van der Waals surface area contributed by atoms with Crippen molar-refractivity contribution in [1.82, 2.24) is 10.1 Å². The summed E-state index contributed by atoms with van der Waals surface area (Å²) in [7, 11) is 0. The molecule has 11 heteroatoms.